The van der Waals surface area contributed by atoms with Gasteiger partial charge >= 0.3 is 12.1 Å². The van der Waals surface area contributed by atoms with Crippen LogP contribution in [0.5, 0.6) is 0 Å². The smallest absolute Gasteiger partial charge is 0.416 e. The maximum atomic E-state index is 13.4. The molecule has 0 radical (unpaired) electrons. The van der Waals surface area contributed by atoms with Crippen LogP contribution in [-0.4, -0.2) is 65.3 Å². The molecule has 0 aliphatic carbocycles. The molecule has 3 aromatic heterocycles. The molecule has 4 heterocycles. The van der Waals surface area contributed by atoms with E-state index in [-0.39, 0.29) is 34.0 Å². The number of imidazole rings is 1. The first-order valence-corrected chi connectivity index (χ1v) is 10.5. The molecule has 0 bridgehead atoms. The molecule has 1 fully saturated rings. The summed E-state index contributed by atoms with van der Waals surface area (Å²) in [5.41, 5.74) is 1.99. The molecule has 1 saturated heterocycles. The molecule has 2 N–H and O–H groups in total. The van der Waals surface area contributed by atoms with Gasteiger partial charge in [0.05, 0.1) is 28.4 Å². The number of likely N-dealkylation sites (tertiary alicyclic amines) is 1. The number of aromatic nitrogens is 4. The van der Waals surface area contributed by atoms with E-state index in [1.165, 1.54) is 24.4 Å². The van der Waals surface area contributed by atoms with Gasteiger partial charge in [0, 0.05) is 36.9 Å². The molecule has 10 heteroatoms. The summed E-state index contributed by atoms with van der Waals surface area (Å²) in [5.74, 6) is -0.699. The fraction of sp³-hybridized carbons (Fsp3) is 0.261. The first-order chi connectivity index (χ1) is 15.9. The minimum absolute atomic E-state index is 0.0826. The van der Waals surface area contributed by atoms with Crippen molar-refractivity contribution in [2.45, 2.75) is 25.8 Å². The van der Waals surface area contributed by atoms with Gasteiger partial charge in [-0.1, -0.05) is 6.07 Å². The van der Waals surface area contributed by atoms with E-state index in [0.717, 1.165) is 21.4 Å². The SMILES string of the molecule is Cc1nc2cnccc2n1C1CCN(C(=O)c2cn(C(=O)O)c3cccc(C(=O)O)c23)CC1. The lowest BCUT2D eigenvalue weighted by Crippen LogP contribution is -2.39. The highest BCUT2D eigenvalue weighted by molar-refractivity contribution is 6.15. The number of benzene rings is 1. The van der Waals surface area contributed by atoms with Crippen molar-refractivity contribution in [3.8, 4) is 0 Å². The quantitative estimate of drug-likeness (QED) is 0.492. The van der Waals surface area contributed by atoms with Crippen molar-refractivity contribution in [1.29, 1.82) is 0 Å². The van der Waals surface area contributed by atoms with Gasteiger partial charge in [-0.25, -0.2) is 14.6 Å². The van der Waals surface area contributed by atoms with E-state index in [1.54, 1.807) is 17.3 Å². The molecule has 0 spiro atoms. The maximum absolute atomic E-state index is 13.4. The number of hydrogen-bond acceptors (Lipinski definition) is 5. The van der Waals surface area contributed by atoms with Crippen molar-refractivity contribution in [1.82, 2.24) is 24.0 Å². The standard InChI is InChI=1S/C23H21N5O5/c1-13-25-17-11-24-8-5-18(17)28(13)14-6-9-26(10-7-14)21(29)16-12-27(23(32)33)19-4-2-3-15(20(16)19)22(30)31/h2-5,8,11-12,14H,6-7,9-10H2,1H3,(H,30,31)(H,32,33). The number of aryl methyl sites for hydroxylation is 1. The number of carbonyl (C=O) groups excluding carboxylic acids is 1. The summed E-state index contributed by atoms with van der Waals surface area (Å²) < 4.78 is 3.08. The molecular formula is C23H21N5O5. The van der Waals surface area contributed by atoms with E-state index >= 15 is 0 Å². The van der Waals surface area contributed by atoms with Crippen LogP contribution in [0.2, 0.25) is 0 Å². The first-order valence-electron chi connectivity index (χ1n) is 10.5. The van der Waals surface area contributed by atoms with Crippen LogP contribution in [0.1, 0.15) is 45.4 Å². The average Bonchev–Trinajstić information content (AvgIpc) is 3.36. The Bertz CT molecular complexity index is 1430. The van der Waals surface area contributed by atoms with E-state index in [1.807, 2.05) is 13.0 Å². The van der Waals surface area contributed by atoms with Gasteiger partial charge in [-0.2, -0.15) is 0 Å². The Morgan fingerprint density at radius 3 is 2.48 bits per heavy atom. The van der Waals surface area contributed by atoms with Gasteiger partial charge in [0.1, 0.15) is 11.3 Å². The predicted octanol–water partition coefficient (Wildman–Crippen LogP) is 3.40. The third-order valence-corrected chi connectivity index (χ3v) is 6.28. The number of nitrogens with zero attached hydrogens (tertiary/aromatic N) is 5. The Hall–Kier alpha value is -4.21. The third kappa shape index (κ3) is 3.30. The summed E-state index contributed by atoms with van der Waals surface area (Å²) in [4.78, 5) is 47.2. The molecule has 0 unspecified atom stereocenters. The molecule has 0 atom stereocenters. The van der Waals surface area contributed by atoms with Crippen LogP contribution in [0.4, 0.5) is 4.79 Å². The van der Waals surface area contributed by atoms with Crippen LogP contribution in [-0.2, 0) is 0 Å². The van der Waals surface area contributed by atoms with Crippen molar-refractivity contribution in [3.63, 3.8) is 0 Å². The minimum Gasteiger partial charge on any atom is -0.478 e. The molecule has 168 valence electrons. The molecule has 33 heavy (non-hydrogen) atoms. The van der Waals surface area contributed by atoms with Crippen LogP contribution in [0.15, 0.2) is 42.9 Å². The largest absolute Gasteiger partial charge is 0.478 e. The molecule has 0 saturated carbocycles. The first kappa shape index (κ1) is 20.7. The van der Waals surface area contributed by atoms with Gasteiger partial charge in [0.2, 0.25) is 0 Å². The lowest BCUT2D eigenvalue weighted by Gasteiger charge is -2.33. The Kier molecular flexibility index (Phi) is 4.85. The van der Waals surface area contributed by atoms with Gasteiger partial charge in [-0.3, -0.25) is 14.3 Å². The summed E-state index contributed by atoms with van der Waals surface area (Å²) in [7, 11) is 0. The van der Waals surface area contributed by atoms with Crippen LogP contribution in [0.25, 0.3) is 21.9 Å². The molecule has 1 aliphatic rings. The summed E-state index contributed by atoms with van der Waals surface area (Å²) in [6.07, 6.45) is 4.80. The second-order valence-corrected chi connectivity index (χ2v) is 8.12. The summed E-state index contributed by atoms with van der Waals surface area (Å²) >= 11 is 0. The number of rotatable bonds is 3. The summed E-state index contributed by atoms with van der Waals surface area (Å²) in [5, 5.41) is 19.3. The molecular weight excluding hydrogens is 426 g/mol. The normalized spacial score (nSPS) is 14.8. The average molecular weight is 447 g/mol. The lowest BCUT2D eigenvalue weighted by molar-refractivity contribution is 0.0695. The van der Waals surface area contributed by atoms with Crippen LogP contribution >= 0.6 is 0 Å². The van der Waals surface area contributed by atoms with Gasteiger partial charge in [-0.05, 0) is 38.0 Å². The Morgan fingerprint density at radius 1 is 1.03 bits per heavy atom. The van der Waals surface area contributed by atoms with Gasteiger partial charge in [0.25, 0.3) is 5.91 Å². The van der Waals surface area contributed by atoms with Crippen molar-refractivity contribution >= 4 is 39.9 Å². The second-order valence-electron chi connectivity index (χ2n) is 8.12. The van der Waals surface area contributed by atoms with Crippen molar-refractivity contribution < 1.29 is 24.6 Å². The van der Waals surface area contributed by atoms with Crippen molar-refractivity contribution in [2.24, 2.45) is 0 Å². The zero-order valence-electron chi connectivity index (χ0n) is 17.8. The topological polar surface area (TPSA) is 131 Å². The number of amides is 1. The van der Waals surface area contributed by atoms with Crippen LogP contribution in [0, 0.1) is 6.92 Å². The number of carbonyl (C=O) groups is 3. The number of hydrogen-bond donors (Lipinski definition) is 2. The van der Waals surface area contributed by atoms with Crippen LogP contribution in [0.3, 0.4) is 0 Å². The van der Waals surface area contributed by atoms with E-state index in [0.29, 0.717) is 25.9 Å². The number of aromatic carboxylic acids is 1. The van der Waals surface area contributed by atoms with Gasteiger partial charge < -0.3 is 19.7 Å². The molecule has 10 nitrogen and oxygen atoms in total. The number of piperidine rings is 1. The van der Waals surface area contributed by atoms with Crippen molar-refractivity contribution in [2.75, 3.05) is 13.1 Å². The number of carboxylic acid groups (broad SMARTS) is 2. The molecule has 1 aliphatic heterocycles. The summed E-state index contributed by atoms with van der Waals surface area (Å²) in [6.45, 7) is 2.87. The number of pyridine rings is 1. The monoisotopic (exact) mass is 447 g/mol. The minimum atomic E-state index is -1.28. The number of fused-ring (bicyclic) bond motifs is 2. The third-order valence-electron chi connectivity index (χ3n) is 6.28. The van der Waals surface area contributed by atoms with E-state index < -0.39 is 12.1 Å². The Labute approximate surface area is 187 Å². The molecule has 4 aromatic rings. The Balaban J connectivity index is 1.45. The molecule has 1 aromatic carbocycles. The van der Waals surface area contributed by atoms with Gasteiger partial charge in [-0.15, -0.1) is 0 Å². The van der Waals surface area contributed by atoms with E-state index in [9.17, 15) is 24.6 Å². The maximum Gasteiger partial charge on any atom is 0.416 e. The molecule has 1 amide bonds. The fourth-order valence-electron chi connectivity index (χ4n) is 4.82. The second kappa shape index (κ2) is 7.73. The summed E-state index contributed by atoms with van der Waals surface area (Å²) in [6, 6.07) is 6.44. The van der Waals surface area contributed by atoms with Crippen molar-refractivity contribution in [3.05, 3.63) is 59.8 Å². The lowest BCUT2D eigenvalue weighted by atomic mass is 10.0. The van der Waals surface area contributed by atoms with E-state index in [4.69, 9.17) is 0 Å². The highest BCUT2D eigenvalue weighted by Crippen LogP contribution is 2.31. The Morgan fingerprint density at radius 2 is 1.79 bits per heavy atom. The highest BCUT2D eigenvalue weighted by atomic mass is 16.4. The zero-order valence-corrected chi connectivity index (χ0v) is 17.8. The van der Waals surface area contributed by atoms with Crippen LogP contribution < -0.4 is 0 Å². The van der Waals surface area contributed by atoms with E-state index in [2.05, 4.69) is 14.5 Å². The molecule has 5 rings (SSSR count). The highest BCUT2D eigenvalue weighted by Gasteiger charge is 2.30. The number of carboxylic acids is 1. The predicted molar refractivity (Wildman–Crippen MR) is 119 cm³/mol. The zero-order chi connectivity index (χ0) is 23.3. The fourth-order valence-corrected chi connectivity index (χ4v) is 4.82. The van der Waals surface area contributed by atoms with Gasteiger partial charge in [0.15, 0.2) is 0 Å².